The van der Waals surface area contributed by atoms with E-state index in [0.717, 1.165) is 25.7 Å². The first-order valence-corrected chi connectivity index (χ1v) is 9.52. The quantitative estimate of drug-likeness (QED) is 0.770. The first-order chi connectivity index (χ1) is 12.1. The van der Waals surface area contributed by atoms with Crippen molar-refractivity contribution in [3.05, 3.63) is 30.1 Å². The van der Waals surface area contributed by atoms with Gasteiger partial charge in [-0.1, -0.05) is 63.9 Å². The highest BCUT2D eigenvalue weighted by Gasteiger charge is 2.19. The molecule has 0 saturated heterocycles. The summed E-state index contributed by atoms with van der Waals surface area (Å²) < 4.78 is 13.2. The molecule has 0 heterocycles. The van der Waals surface area contributed by atoms with Crippen LogP contribution in [0.25, 0.3) is 0 Å². The van der Waals surface area contributed by atoms with Crippen LogP contribution in [0.4, 0.5) is 10.1 Å². The zero-order valence-corrected chi connectivity index (χ0v) is 14.9. The summed E-state index contributed by atoms with van der Waals surface area (Å²) in [6, 6.07) is 5.59. The number of hydrogen-bond acceptors (Lipinski definition) is 2. The molecule has 0 atom stereocenters. The van der Waals surface area contributed by atoms with Crippen LogP contribution in [-0.2, 0) is 9.59 Å². The van der Waals surface area contributed by atoms with Crippen molar-refractivity contribution in [1.82, 2.24) is 5.32 Å². The highest BCUT2D eigenvalue weighted by molar-refractivity contribution is 6.39. The molecular weight excluding hydrogens is 319 g/mol. The Morgan fingerprint density at radius 1 is 0.840 bits per heavy atom. The molecule has 0 aromatic heterocycles. The molecule has 1 aliphatic carbocycles. The molecule has 0 aliphatic heterocycles. The number of anilines is 1. The van der Waals surface area contributed by atoms with Crippen molar-refractivity contribution in [3.63, 3.8) is 0 Å². The van der Waals surface area contributed by atoms with E-state index in [0.29, 0.717) is 5.69 Å². The largest absolute Gasteiger partial charge is 0.345 e. The Morgan fingerprint density at radius 3 is 1.96 bits per heavy atom. The standard InChI is InChI=1S/C20H29FN2O2/c21-16-11-10-14-18(15-16)23-20(25)19(24)22-17-12-8-6-4-2-1-3-5-7-9-13-17/h10-11,14-15,17H,1-9,12-13H2,(H,22,24)(H,23,25). The van der Waals surface area contributed by atoms with E-state index in [2.05, 4.69) is 10.6 Å². The minimum Gasteiger partial charge on any atom is -0.345 e. The minimum atomic E-state index is -0.739. The first-order valence-electron chi connectivity index (χ1n) is 9.52. The molecule has 1 fully saturated rings. The van der Waals surface area contributed by atoms with Crippen molar-refractivity contribution >= 4 is 17.5 Å². The van der Waals surface area contributed by atoms with E-state index >= 15 is 0 Å². The zero-order valence-electron chi connectivity index (χ0n) is 14.9. The van der Waals surface area contributed by atoms with Crippen molar-refractivity contribution in [3.8, 4) is 0 Å². The van der Waals surface area contributed by atoms with Gasteiger partial charge in [0.15, 0.2) is 0 Å². The Bertz CT molecular complexity index is 550. The Kier molecular flexibility index (Phi) is 8.43. The van der Waals surface area contributed by atoms with Crippen molar-refractivity contribution in [2.24, 2.45) is 0 Å². The molecule has 2 amide bonds. The maximum absolute atomic E-state index is 13.2. The van der Waals surface area contributed by atoms with Crippen LogP contribution in [-0.4, -0.2) is 17.9 Å². The van der Waals surface area contributed by atoms with Gasteiger partial charge in [0, 0.05) is 11.7 Å². The summed E-state index contributed by atoms with van der Waals surface area (Å²) >= 11 is 0. The minimum absolute atomic E-state index is 0.0465. The third-order valence-corrected chi connectivity index (χ3v) is 4.73. The van der Waals surface area contributed by atoms with Gasteiger partial charge >= 0.3 is 11.8 Å². The molecule has 0 unspecified atom stereocenters. The second-order valence-corrected chi connectivity index (χ2v) is 6.89. The summed E-state index contributed by atoms with van der Waals surface area (Å²) in [4.78, 5) is 24.2. The van der Waals surface area contributed by atoms with Crippen LogP contribution in [0.15, 0.2) is 24.3 Å². The van der Waals surface area contributed by atoms with Crippen LogP contribution in [0.1, 0.15) is 70.6 Å². The number of halogens is 1. The fourth-order valence-corrected chi connectivity index (χ4v) is 3.31. The van der Waals surface area contributed by atoms with Gasteiger partial charge in [-0.25, -0.2) is 4.39 Å². The molecule has 0 bridgehead atoms. The average Bonchev–Trinajstić information content (AvgIpc) is 2.57. The second kappa shape index (κ2) is 10.9. The van der Waals surface area contributed by atoms with Gasteiger partial charge in [0.05, 0.1) is 0 Å². The van der Waals surface area contributed by atoms with Crippen molar-refractivity contribution in [2.45, 2.75) is 76.7 Å². The van der Waals surface area contributed by atoms with Crippen LogP contribution in [0, 0.1) is 5.82 Å². The number of amides is 2. The molecule has 2 N–H and O–H groups in total. The average molecular weight is 348 g/mol. The molecule has 1 aromatic rings. The normalized spacial score (nSPS) is 17.8. The fourth-order valence-electron chi connectivity index (χ4n) is 3.31. The highest BCUT2D eigenvalue weighted by Crippen LogP contribution is 2.17. The molecule has 1 saturated carbocycles. The van der Waals surface area contributed by atoms with Crippen LogP contribution in [0.5, 0.6) is 0 Å². The van der Waals surface area contributed by atoms with E-state index in [9.17, 15) is 14.0 Å². The lowest BCUT2D eigenvalue weighted by Crippen LogP contribution is -2.41. The molecule has 1 aromatic carbocycles. The topological polar surface area (TPSA) is 58.2 Å². The van der Waals surface area contributed by atoms with Crippen LogP contribution in [0.2, 0.25) is 0 Å². The number of hydrogen-bond donors (Lipinski definition) is 2. The lowest BCUT2D eigenvalue weighted by Gasteiger charge is -2.19. The number of benzene rings is 1. The lowest BCUT2D eigenvalue weighted by atomic mass is 9.98. The van der Waals surface area contributed by atoms with Crippen LogP contribution >= 0.6 is 0 Å². The van der Waals surface area contributed by atoms with Gasteiger partial charge in [-0.3, -0.25) is 9.59 Å². The maximum atomic E-state index is 13.2. The third kappa shape index (κ3) is 7.67. The van der Waals surface area contributed by atoms with Gasteiger partial charge in [-0.2, -0.15) is 0 Å². The molecule has 2 rings (SSSR count). The number of carbonyl (C=O) groups is 2. The van der Waals surface area contributed by atoms with E-state index in [-0.39, 0.29) is 6.04 Å². The Morgan fingerprint density at radius 2 is 1.40 bits per heavy atom. The number of carbonyl (C=O) groups excluding carboxylic acids is 2. The summed E-state index contributed by atoms with van der Waals surface area (Å²) in [5.41, 5.74) is 0.291. The third-order valence-electron chi connectivity index (χ3n) is 4.73. The van der Waals surface area contributed by atoms with Gasteiger partial charge in [-0.05, 0) is 31.0 Å². The lowest BCUT2D eigenvalue weighted by molar-refractivity contribution is -0.136. The van der Waals surface area contributed by atoms with E-state index < -0.39 is 17.6 Å². The first kappa shape index (κ1) is 19.4. The van der Waals surface area contributed by atoms with Crippen LogP contribution < -0.4 is 10.6 Å². The van der Waals surface area contributed by atoms with Gasteiger partial charge in [-0.15, -0.1) is 0 Å². The van der Waals surface area contributed by atoms with E-state index in [4.69, 9.17) is 0 Å². The maximum Gasteiger partial charge on any atom is 0.313 e. The number of nitrogens with one attached hydrogen (secondary N) is 2. The molecule has 0 spiro atoms. The van der Waals surface area contributed by atoms with Crippen LogP contribution in [0.3, 0.4) is 0 Å². The summed E-state index contributed by atoms with van der Waals surface area (Å²) in [6.07, 6.45) is 12.8. The van der Waals surface area contributed by atoms with Crippen molar-refractivity contribution in [2.75, 3.05) is 5.32 Å². The van der Waals surface area contributed by atoms with E-state index in [1.807, 2.05) is 0 Å². The predicted molar refractivity (Wildman–Crippen MR) is 97.7 cm³/mol. The monoisotopic (exact) mass is 348 g/mol. The Balaban J connectivity index is 1.83. The molecule has 138 valence electrons. The molecule has 4 nitrogen and oxygen atoms in total. The number of rotatable bonds is 2. The molecule has 1 aliphatic rings. The zero-order chi connectivity index (χ0) is 17.9. The summed E-state index contributed by atoms with van der Waals surface area (Å²) in [5.74, 6) is -1.82. The van der Waals surface area contributed by atoms with Crippen molar-refractivity contribution in [1.29, 1.82) is 0 Å². The van der Waals surface area contributed by atoms with E-state index in [1.165, 1.54) is 63.1 Å². The molecule has 25 heavy (non-hydrogen) atoms. The van der Waals surface area contributed by atoms with Gasteiger partial charge in [0.2, 0.25) is 0 Å². The van der Waals surface area contributed by atoms with Gasteiger partial charge < -0.3 is 10.6 Å². The fraction of sp³-hybridized carbons (Fsp3) is 0.600. The summed E-state index contributed by atoms with van der Waals surface area (Å²) in [5, 5.41) is 5.31. The Labute approximate surface area is 149 Å². The van der Waals surface area contributed by atoms with E-state index in [1.54, 1.807) is 6.07 Å². The smallest absolute Gasteiger partial charge is 0.313 e. The summed E-state index contributed by atoms with van der Waals surface area (Å²) in [6.45, 7) is 0. The highest BCUT2D eigenvalue weighted by atomic mass is 19.1. The van der Waals surface area contributed by atoms with Gasteiger partial charge in [0.1, 0.15) is 5.82 Å². The molecule has 5 heteroatoms. The molecule has 0 radical (unpaired) electrons. The van der Waals surface area contributed by atoms with Crippen molar-refractivity contribution < 1.29 is 14.0 Å². The van der Waals surface area contributed by atoms with Gasteiger partial charge in [0.25, 0.3) is 0 Å². The summed E-state index contributed by atoms with van der Waals surface area (Å²) in [7, 11) is 0. The second-order valence-electron chi connectivity index (χ2n) is 6.89. The Hall–Kier alpha value is -1.91. The molecular formula is C20H29FN2O2. The predicted octanol–water partition coefficient (Wildman–Crippen LogP) is 4.55. The SMILES string of the molecule is O=C(Nc1cccc(F)c1)C(=O)NC1CCCCCCCCCCC1.